The monoisotopic (exact) mass is 277 g/mol. The molecule has 1 amide bonds. The van der Waals surface area contributed by atoms with Gasteiger partial charge in [0.05, 0.1) is 11.5 Å². The molecule has 0 bridgehead atoms. The maximum Gasteiger partial charge on any atom is 0.308 e. The number of carboxylic acid groups (broad SMARTS) is 1. The van der Waals surface area contributed by atoms with Gasteiger partial charge in [-0.15, -0.1) is 0 Å². The smallest absolute Gasteiger partial charge is 0.308 e. The summed E-state index contributed by atoms with van der Waals surface area (Å²) in [5.74, 6) is -1.35. The lowest BCUT2D eigenvalue weighted by molar-refractivity contribution is -0.141. The third-order valence-electron chi connectivity index (χ3n) is 2.79. The van der Waals surface area contributed by atoms with Crippen molar-refractivity contribution in [3.05, 3.63) is 42.5 Å². The number of para-hydroxylation sites is 1. The molecule has 1 N–H and O–H groups in total. The van der Waals surface area contributed by atoms with Crippen molar-refractivity contribution >= 4 is 11.9 Å². The van der Waals surface area contributed by atoms with Crippen molar-refractivity contribution in [1.82, 2.24) is 4.90 Å². The number of carbonyl (C=O) groups excluding carboxylic acids is 1. The van der Waals surface area contributed by atoms with Crippen LogP contribution in [0.2, 0.25) is 0 Å². The van der Waals surface area contributed by atoms with E-state index in [1.165, 1.54) is 4.90 Å². The quantitative estimate of drug-likeness (QED) is 0.774. The van der Waals surface area contributed by atoms with E-state index in [-0.39, 0.29) is 12.5 Å². The van der Waals surface area contributed by atoms with Crippen molar-refractivity contribution in [2.75, 3.05) is 20.2 Å². The predicted molar refractivity (Wildman–Crippen MR) is 75.9 cm³/mol. The second-order valence-corrected chi connectivity index (χ2v) is 4.52. The molecular weight excluding hydrogens is 258 g/mol. The molecule has 1 rings (SSSR count). The molecule has 0 spiro atoms. The maximum absolute atomic E-state index is 12.3. The van der Waals surface area contributed by atoms with Gasteiger partial charge >= 0.3 is 5.97 Å². The van der Waals surface area contributed by atoms with Crippen LogP contribution in [0.25, 0.3) is 0 Å². The third kappa shape index (κ3) is 4.12. The van der Waals surface area contributed by atoms with E-state index in [9.17, 15) is 9.59 Å². The van der Waals surface area contributed by atoms with E-state index >= 15 is 0 Å². The number of hydrogen-bond donors (Lipinski definition) is 1. The highest BCUT2D eigenvalue weighted by Crippen LogP contribution is 2.20. The standard InChI is InChI=1S/C15H19NO4/c1-4-9-20-13-8-6-5-7-12(13)14(17)16(3)10-11(2)15(18)19/h4-8,11H,1,9-10H2,2-3H3,(H,18,19). The van der Waals surface area contributed by atoms with E-state index in [1.807, 2.05) is 0 Å². The Morgan fingerprint density at radius 1 is 1.45 bits per heavy atom. The zero-order valence-electron chi connectivity index (χ0n) is 11.7. The minimum absolute atomic E-state index is 0.143. The summed E-state index contributed by atoms with van der Waals surface area (Å²) >= 11 is 0. The van der Waals surface area contributed by atoms with Crippen molar-refractivity contribution in [1.29, 1.82) is 0 Å². The molecular formula is C15H19NO4. The molecule has 0 aliphatic heterocycles. The third-order valence-corrected chi connectivity index (χ3v) is 2.79. The molecule has 0 fully saturated rings. The minimum Gasteiger partial charge on any atom is -0.489 e. The zero-order valence-corrected chi connectivity index (χ0v) is 11.7. The van der Waals surface area contributed by atoms with Crippen LogP contribution in [0.3, 0.4) is 0 Å². The largest absolute Gasteiger partial charge is 0.489 e. The van der Waals surface area contributed by atoms with Crippen LogP contribution in [0.5, 0.6) is 5.75 Å². The summed E-state index contributed by atoms with van der Waals surface area (Å²) in [6.45, 7) is 5.57. The van der Waals surface area contributed by atoms with Gasteiger partial charge in [-0.1, -0.05) is 31.7 Å². The van der Waals surface area contributed by atoms with Gasteiger partial charge in [0.25, 0.3) is 5.91 Å². The second-order valence-electron chi connectivity index (χ2n) is 4.52. The highest BCUT2D eigenvalue weighted by Gasteiger charge is 2.20. The van der Waals surface area contributed by atoms with Crippen molar-refractivity contribution in [2.45, 2.75) is 6.92 Å². The topological polar surface area (TPSA) is 66.8 Å². The molecule has 0 heterocycles. The number of rotatable bonds is 7. The van der Waals surface area contributed by atoms with Crippen LogP contribution in [-0.2, 0) is 4.79 Å². The summed E-state index contributed by atoms with van der Waals surface area (Å²) in [6, 6.07) is 6.87. The fourth-order valence-corrected chi connectivity index (χ4v) is 1.70. The first-order chi connectivity index (χ1) is 9.47. The lowest BCUT2D eigenvalue weighted by Gasteiger charge is -2.20. The Hall–Kier alpha value is -2.30. The normalized spacial score (nSPS) is 11.5. The molecule has 0 radical (unpaired) electrons. The molecule has 1 aromatic carbocycles. The Balaban J connectivity index is 2.85. The van der Waals surface area contributed by atoms with Gasteiger partial charge in [-0.25, -0.2) is 0 Å². The molecule has 1 unspecified atom stereocenters. The molecule has 0 aliphatic rings. The van der Waals surface area contributed by atoms with Crippen LogP contribution in [0.15, 0.2) is 36.9 Å². The van der Waals surface area contributed by atoms with Crippen LogP contribution in [0.1, 0.15) is 17.3 Å². The molecule has 5 nitrogen and oxygen atoms in total. The summed E-state index contributed by atoms with van der Waals surface area (Å²) in [5.41, 5.74) is 0.412. The first-order valence-electron chi connectivity index (χ1n) is 6.28. The fraction of sp³-hybridized carbons (Fsp3) is 0.333. The number of aliphatic carboxylic acids is 1. The lowest BCUT2D eigenvalue weighted by atomic mass is 10.1. The average Bonchev–Trinajstić information content (AvgIpc) is 2.44. The van der Waals surface area contributed by atoms with Crippen molar-refractivity contribution in [3.8, 4) is 5.75 Å². The average molecular weight is 277 g/mol. The number of nitrogens with zero attached hydrogens (tertiary/aromatic N) is 1. The Kier molecular flexibility index (Phi) is 5.77. The highest BCUT2D eigenvalue weighted by molar-refractivity contribution is 5.97. The molecule has 0 aliphatic carbocycles. The van der Waals surface area contributed by atoms with Gasteiger partial charge in [-0.05, 0) is 12.1 Å². The number of benzene rings is 1. The summed E-state index contributed by atoms with van der Waals surface area (Å²) in [6.07, 6.45) is 1.59. The van der Waals surface area contributed by atoms with Crippen LogP contribution in [-0.4, -0.2) is 42.1 Å². The van der Waals surface area contributed by atoms with E-state index in [1.54, 1.807) is 44.3 Å². The van der Waals surface area contributed by atoms with Crippen LogP contribution in [0.4, 0.5) is 0 Å². The fourth-order valence-electron chi connectivity index (χ4n) is 1.70. The summed E-state index contributed by atoms with van der Waals surface area (Å²) in [7, 11) is 1.58. The van der Waals surface area contributed by atoms with Crippen molar-refractivity contribution in [3.63, 3.8) is 0 Å². The molecule has 1 aromatic rings. The van der Waals surface area contributed by atoms with Crippen LogP contribution < -0.4 is 4.74 Å². The molecule has 108 valence electrons. The Morgan fingerprint density at radius 2 is 2.10 bits per heavy atom. The molecule has 20 heavy (non-hydrogen) atoms. The zero-order chi connectivity index (χ0) is 15.1. The molecule has 1 atom stereocenters. The predicted octanol–water partition coefficient (Wildman–Crippen LogP) is 2.04. The van der Waals surface area contributed by atoms with Crippen LogP contribution >= 0.6 is 0 Å². The number of carbonyl (C=O) groups is 2. The first-order valence-corrected chi connectivity index (χ1v) is 6.28. The SMILES string of the molecule is C=CCOc1ccccc1C(=O)N(C)CC(C)C(=O)O. The summed E-state index contributed by atoms with van der Waals surface area (Å²) < 4.78 is 5.43. The Bertz CT molecular complexity index is 498. The van der Waals surface area contributed by atoms with Crippen LogP contribution in [0, 0.1) is 5.92 Å². The van der Waals surface area contributed by atoms with Gasteiger partial charge in [-0.3, -0.25) is 9.59 Å². The molecule has 0 aromatic heterocycles. The number of amides is 1. The maximum atomic E-state index is 12.3. The highest BCUT2D eigenvalue weighted by atomic mass is 16.5. The molecule has 0 saturated carbocycles. The van der Waals surface area contributed by atoms with Gasteiger partial charge in [0.15, 0.2) is 0 Å². The molecule has 0 saturated heterocycles. The van der Waals surface area contributed by atoms with Gasteiger partial charge in [0.2, 0.25) is 0 Å². The summed E-state index contributed by atoms with van der Waals surface area (Å²) in [4.78, 5) is 24.5. The Morgan fingerprint density at radius 3 is 2.70 bits per heavy atom. The van der Waals surface area contributed by atoms with Crippen molar-refractivity contribution < 1.29 is 19.4 Å². The molecule has 5 heteroatoms. The van der Waals surface area contributed by atoms with Gasteiger partial charge in [0.1, 0.15) is 12.4 Å². The van der Waals surface area contributed by atoms with Crippen molar-refractivity contribution in [2.24, 2.45) is 5.92 Å². The van der Waals surface area contributed by atoms with Gasteiger partial charge in [0, 0.05) is 13.6 Å². The minimum atomic E-state index is -0.930. The Labute approximate surface area is 118 Å². The van der Waals surface area contributed by atoms with Gasteiger partial charge in [-0.2, -0.15) is 0 Å². The van der Waals surface area contributed by atoms with Gasteiger partial charge < -0.3 is 14.7 Å². The van der Waals surface area contributed by atoms with E-state index in [0.717, 1.165) is 0 Å². The van der Waals surface area contributed by atoms with E-state index in [2.05, 4.69) is 6.58 Å². The second kappa shape index (κ2) is 7.33. The lowest BCUT2D eigenvalue weighted by Crippen LogP contribution is -2.33. The number of carboxylic acids is 1. The first kappa shape index (κ1) is 15.8. The van der Waals surface area contributed by atoms with E-state index < -0.39 is 11.9 Å². The summed E-state index contributed by atoms with van der Waals surface area (Å²) in [5, 5.41) is 8.88. The van der Waals surface area contributed by atoms with E-state index in [4.69, 9.17) is 9.84 Å². The van der Waals surface area contributed by atoms with E-state index in [0.29, 0.717) is 17.9 Å². The number of hydrogen-bond acceptors (Lipinski definition) is 3. The number of ether oxygens (including phenoxy) is 1.